The number of benzene rings is 1. The van der Waals surface area contributed by atoms with E-state index in [1.165, 1.54) is 42.7 Å². The monoisotopic (exact) mass is 554 g/mol. The maximum absolute atomic E-state index is 15.2. The van der Waals surface area contributed by atoms with Crippen LogP contribution in [0.1, 0.15) is 31.6 Å². The van der Waals surface area contributed by atoms with Crippen molar-refractivity contribution < 1.29 is 29.5 Å². The second kappa shape index (κ2) is 11.5. The van der Waals surface area contributed by atoms with Gasteiger partial charge in [0.25, 0.3) is 0 Å². The molecule has 4 aromatic rings. The number of halogens is 4. The number of hydrazine groups is 1. The molecule has 0 saturated heterocycles. The number of hydrogen-bond acceptors (Lipinski definition) is 7. The molecule has 11 nitrogen and oxygen atoms in total. The van der Waals surface area contributed by atoms with Crippen LogP contribution in [0.3, 0.4) is 0 Å². The van der Waals surface area contributed by atoms with Gasteiger partial charge in [0.15, 0.2) is 12.0 Å². The predicted molar refractivity (Wildman–Crippen MR) is 134 cm³/mol. The van der Waals surface area contributed by atoms with Crippen molar-refractivity contribution in [1.82, 2.24) is 19.6 Å². The van der Waals surface area contributed by atoms with Crippen LogP contribution in [0.5, 0.6) is 0 Å². The molecule has 0 aliphatic carbocycles. The molecule has 0 spiro atoms. The van der Waals surface area contributed by atoms with Gasteiger partial charge in [0.2, 0.25) is 5.69 Å². The second-order valence-corrected chi connectivity index (χ2v) is 8.12. The van der Waals surface area contributed by atoms with Crippen molar-refractivity contribution in [2.45, 2.75) is 19.0 Å². The first-order valence-electron chi connectivity index (χ1n) is 13.2. The lowest BCUT2D eigenvalue weighted by Crippen LogP contribution is -2.36. The van der Waals surface area contributed by atoms with E-state index in [1.807, 2.05) is 0 Å². The number of rotatable bonds is 10. The molecule has 38 heavy (non-hydrogen) atoms. The van der Waals surface area contributed by atoms with Crippen molar-refractivity contribution in [2.75, 3.05) is 18.6 Å². The molecule has 0 amide bonds. The summed E-state index contributed by atoms with van der Waals surface area (Å²) in [6, 6.07) is 5.10. The normalized spacial score (nSPS) is 15.2. The van der Waals surface area contributed by atoms with Gasteiger partial charge in [-0.2, -0.15) is 28.8 Å². The fourth-order valence-electron chi connectivity index (χ4n) is 3.86. The number of methoxy groups -OCH3 is 1. The molecule has 0 unspecified atom stereocenters. The topological polar surface area (TPSA) is 139 Å². The van der Waals surface area contributed by atoms with Crippen molar-refractivity contribution in [3.8, 4) is 22.4 Å². The van der Waals surface area contributed by atoms with E-state index < -0.39 is 38.4 Å². The molecule has 0 radical (unpaired) electrons. The van der Waals surface area contributed by atoms with Crippen molar-refractivity contribution in [2.24, 2.45) is 16.8 Å². The number of ether oxygens (including phenoxy) is 1. The number of anilines is 1. The molecule has 0 aliphatic heterocycles. The van der Waals surface area contributed by atoms with Gasteiger partial charge in [-0.1, -0.05) is 11.6 Å². The third-order valence-electron chi connectivity index (χ3n) is 5.54. The summed E-state index contributed by atoms with van der Waals surface area (Å²) in [6.07, 6.45) is 4.79. The zero-order valence-electron chi connectivity index (χ0n) is 24.2. The van der Waals surface area contributed by atoms with E-state index in [1.54, 1.807) is 0 Å². The Labute approximate surface area is 226 Å². The van der Waals surface area contributed by atoms with Crippen LogP contribution in [0.2, 0.25) is 5.02 Å². The lowest BCUT2D eigenvalue weighted by atomic mass is 10.0. The van der Waals surface area contributed by atoms with Crippen molar-refractivity contribution in [3.05, 3.63) is 76.9 Å². The molecule has 1 aromatic carbocycles. The molecule has 15 heteroatoms. The van der Waals surface area contributed by atoms with Crippen molar-refractivity contribution in [3.63, 3.8) is 0 Å². The molecule has 1 atom stereocenters. The number of nitrogens with two attached hydrogens (primary N) is 2. The standard InChI is InChI=1S/C23H23ClF3N9O2/c1-38-9-7-18(34-11-15(10-32-34)17-6-8-31-36(17)23(26)27)19-4-2-14(12-35(19)37)21-20(33(29)13-30-28)5-3-16(24)22(21)25/h2-6,8,10-13,18,23H,7,9,28-29H2,1H3/b30-13-/t18-/m0/s1/i1D3,9D2. The average molecular weight is 555 g/mol. The Balaban J connectivity index is 1.82. The summed E-state index contributed by atoms with van der Waals surface area (Å²) in [7, 11) is -3.13. The summed E-state index contributed by atoms with van der Waals surface area (Å²) in [5.74, 6) is 10.1. The van der Waals surface area contributed by atoms with Gasteiger partial charge in [-0.05, 0) is 24.3 Å². The number of alkyl halides is 2. The Morgan fingerprint density at radius 3 is 2.84 bits per heavy atom. The Bertz CT molecular complexity index is 1630. The predicted octanol–water partition coefficient (Wildman–Crippen LogP) is 3.44. The smallest absolute Gasteiger partial charge is 0.333 e. The van der Waals surface area contributed by atoms with Gasteiger partial charge >= 0.3 is 6.55 Å². The number of hydrogen-bond donors (Lipinski definition) is 2. The van der Waals surface area contributed by atoms with Crippen LogP contribution in [-0.4, -0.2) is 39.5 Å². The van der Waals surface area contributed by atoms with Gasteiger partial charge in [0.1, 0.15) is 12.4 Å². The van der Waals surface area contributed by atoms with Gasteiger partial charge in [-0.25, -0.2) is 14.9 Å². The Kier molecular flexibility index (Phi) is 6.31. The van der Waals surface area contributed by atoms with Gasteiger partial charge in [0.05, 0.1) is 40.6 Å². The molecule has 200 valence electrons. The van der Waals surface area contributed by atoms with Gasteiger partial charge < -0.3 is 15.8 Å². The largest absolute Gasteiger partial charge is 0.618 e. The Hall–Kier alpha value is -4.14. The summed E-state index contributed by atoms with van der Waals surface area (Å²) in [6.45, 7) is -5.80. The SMILES string of the molecule is [2H]C([2H])([2H])OC([2H])([2H])C[C@@H](c1ccc(-c2c(N(N)/C=N\N)ccc(Cl)c2F)c[n+]1[O-])n1cc(-c2ccnn2C(F)F)cn1. The number of hydrazone groups is 1. The summed E-state index contributed by atoms with van der Waals surface area (Å²) in [5.41, 5.74) is -0.221. The fraction of sp³-hybridized carbons (Fsp3) is 0.217. The van der Waals surface area contributed by atoms with Crippen molar-refractivity contribution in [1.29, 1.82) is 0 Å². The lowest BCUT2D eigenvalue weighted by Gasteiger charge is -2.20. The highest BCUT2D eigenvalue weighted by Gasteiger charge is 2.26. The number of pyridine rings is 1. The Morgan fingerprint density at radius 1 is 1.32 bits per heavy atom. The molecule has 0 saturated carbocycles. The first kappa shape index (κ1) is 20.9. The molecule has 3 heterocycles. The lowest BCUT2D eigenvalue weighted by molar-refractivity contribution is -0.615. The van der Waals surface area contributed by atoms with E-state index in [4.69, 9.17) is 30.1 Å². The van der Waals surface area contributed by atoms with E-state index in [9.17, 15) is 14.0 Å². The van der Waals surface area contributed by atoms with E-state index in [-0.39, 0.29) is 43.5 Å². The minimum Gasteiger partial charge on any atom is -0.618 e. The summed E-state index contributed by atoms with van der Waals surface area (Å²) >= 11 is 5.98. The summed E-state index contributed by atoms with van der Waals surface area (Å²) < 4.78 is 86.8. The molecule has 0 bridgehead atoms. The fourth-order valence-corrected chi connectivity index (χ4v) is 4.01. The minimum atomic E-state index is -3.13. The highest BCUT2D eigenvalue weighted by molar-refractivity contribution is 6.31. The van der Waals surface area contributed by atoms with Crippen LogP contribution in [0, 0.1) is 11.0 Å². The molecular weight excluding hydrogens is 527 g/mol. The molecular formula is C23H23ClF3N9O2. The van der Waals surface area contributed by atoms with Crippen LogP contribution >= 0.6 is 11.6 Å². The average Bonchev–Trinajstić information content (AvgIpc) is 3.58. The zero-order chi connectivity index (χ0) is 31.7. The summed E-state index contributed by atoms with van der Waals surface area (Å²) in [5, 5.41) is 25.0. The third-order valence-corrected chi connectivity index (χ3v) is 5.83. The maximum Gasteiger partial charge on any atom is 0.333 e. The highest BCUT2D eigenvalue weighted by atomic mass is 35.5. The Morgan fingerprint density at radius 2 is 2.13 bits per heavy atom. The number of aromatic nitrogens is 5. The second-order valence-electron chi connectivity index (χ2n) is 7.71. The molecule has 0 fully saturated rings. The van der Waals surface area contributed by atoms with Crippen LogP contribution in [0.15, 0.2) is 60.2 Å². The van der Waals surface area contributed by atoms with Crippen LogP contribution in [0.4, 0.5) is 18.9 Å². The maximum atomic E-state index is 15.2. The van der Waals surface area contributed by atoms with Gasteiger partial charge in [-0.15, -0.1) is 0 Å². The van der Waals surface area contributed by atoms with Crippen molar-refractivity contribution >= 4 is 23.6 Å². The van der Waals surface area contributed by atoms with E-state index >= 15 is 4.39 Å². The van der Waals surface area contributed by atoms with Gasteiger partial charge in [0, 0.05) is 44.0 Å². The van der Waals surface area contributed by atoms with E-state index in [0.717, 1.165) is 28.4 Å². The first-order chi connectivity index (χ1) is 20.1. The minimum absolute atomic E-state index is 0.00267. The molecule has 0 aliphatic rings. The molecule has 3 aromatic heterocycles. The molecule has 4 N–H and O–H groups in total. The van der Waals surface area contributed by atoms with E-state index in [2.05, 4.69) is 20.0 Å². The van der Waals surface area contributed by atoms with Crippen LogP contribution in [-0.2, 0) is 4.74 Å². The summed E-state index contributed by atoms with van der Waals surface area (Å²) in [4.78, 5) is 0. The van der Waals surface area contributed by atoms with Gasteiger partial charge in [-0.3, -0.25) is 9.69 Å². The number of nitrogens with zero attached hydrogens (tertiary/aromatic N) is 7. The molecule has 4 rings (SSSR count). The zero-order valence-corrected chi connectivity index (χ0v) is 20.0. The highest BCUT2D eigenvalue weighted by Crippen LogP contribution is 2.36. The van der Waals surface area contributed by atoms with Crippen LogP contribution < -0.4 is 21.4 Å². The first-order valence-corrected chi connectivity index (χ1v) is 11.0. The third kappa shape index (κ3) is 5.27. The van der Waals surface area contributed by atoms with E-state index in [0.29, 0.717) is 4.68 Å². The quantitative estimate of drug-likeness (QED) is 0.0764. The van der Waals surface area contributed by atoms with Crippen LogP contribution in [0.25, 0.3) is 22.4 Å².